The van der Waals surface area contributed by atoms with E-state index < -0.39 is 0 Å². The molecule has 0 amide bonds. The van der Waals surface area contributed by atoms with Gasteiger partial charge in [0.1, 0.15) is 6.67 Å². The molecule has 0 radical (unpaired) electrons. The fraction of sp³-hybridized carbons (Fsp3) is 0.188. The minimum atomic E-state index is -0.265. The number of hydrogen-bond donors (Lipinski definition) is 0. The molecule has 0 N–H and O–H groups in total. The van der Waals surface area contributed by atoms with Gasteiger partial charge in [-0.1, -0.05) is 41.9 Å². The Labute approximate surface area is 138 Å². The number of nitrogens with zero attached hydrogens (tertiary/aromatic N) is 5. The molecule has 3 aromatic rings. The molecule has 0 saturated carbocycles. The highest BCUT2D eigenvalue weighted by molar-refractivity contribution is 6.30. The average molecular weight is 330 g/mol. The quantitative estimate of drug-likeness (QED) is 0.720. The number of hydrogen-bond acceptors (Lipinski definition) is 4. The molecule has 1 aromatic heterocycles. The predicted molar refractivity (Wildman–Crippen MR) is 88.5 cm³/mol. The Balaban J connectivity index is 1.72. The summed E-state index contributed by atoms with van der Waals surface area (Å²) in [5.74, 6) is 0. The number of halogens is 1. The molecular formula is C16H16ClN5O. The van der Waals surface area contributed by atoms with Crippen molar-refractivity contribution in [3.8, 4) is 5.69 Å². The Morgan fingerprint density at radius 1 is 1.04 bits per heavy atom. The van der Waals surface area contributed by atoms with Crippen LogP contribution in [-0.2, 0) is 13.2 Å². The van der Waals surface area contributed by atoms with Crippen LogP contribution in [0.3, 0.4) is 0 Å². The second-order valence-electron chi connectivity index (χ2n) is 5.29. The van der Waals surface area contributed by atoms with E-state index in [1.54, 1.807) is 0 Å². The number of tetrazole rings is 1. The highest BCUT2D eigenvalue weighted by Gasteiger charge is 2.10. The third-order valence-corrected chi connectivity index (χ3v) is 3.63. The molecule has 0 aliphatic carbocycles. The van der Waals surface area contributed by atoms with Crippen molar-refractivity contribution >= 4 is 11.6 Å². The smallest absolute Gasteiger partial charge is 0.283 e. The summed E-state index contributed by atoms with van der Waals surface area (Å²) in [5, 5.41) is 8.58. The summed E-state index contributed by atoms with van der Waals surface area (Å²) < 4.78 is 2.62. The number of aromatic nitrogens is 4. The zero-order chi connectivity index (χ0) is 16.2. The Morgan fingerprint density at radius 2 is 1.74 bits per heavy atom. The third kappa shape index (κ3) is 3.67. The molecule has 3 rings (SSSR count). The van der Waals surface area contributed by atoms with E-state index >= 15 is 0 Å². The fourth-order valence-electron chi connectivity index (χ4n) is 2.27. The van der Waals surface area contributed by atoms with Crippen LogP contribution >= 0.6 is 11.6 Å². The minimum Gasteiger partial charge on any atom is -0.283 e. The summed E-state index contributed by atoms with van der Waals surface area (Å²) in [7, 11) is 1.92. The van der Waals surface area contributed by atoms with Gasteiger partial charge in [-0.25, -0.2) is 4.79 Å². The maximum atomic E-state index is 12.4. The van der Waals surface area contributed by atoms with E-state index in [0.29, 0.717) is 23.9 Å². The first-order chi connectivity index (χ1) is 11.1. The summed E-state index contributed by atoms with van der Waals surface area (Å²) >= 11 is 5.88. The van der Waals surface area contributed by atoms with Crippen LogP contribution in [0.15, 0.2) is 59.4 Å². The van der Waals surface area contributed by atoms with E-state index in [9.17, 15) is 4.79 Å². The fourth-order valence-corrected chi connectivity index (χ4v) is 2.40. The molecular weight excluding hydrogens is 314 g/mol. The van der Waals surface area contributed by atoms with E-state index in [-0.39, 0.29) is 5.69 Å². The Kier molecular flexibility index (Phi) is 4.55. The lowest BCUT2D eigenvalue weighted by atomic mass is 10.2. The van der Waals surface area contributed by atoms with Crippen LogP contribution in [0.4, 0.5) is 0 Å². The molecule has 23 heavy (non-hydrogen) atoms. The van der Waals surface area contributed by atoms with Gasteiger partial charge in [-0.05, 0) is 47.3 Å². The van der Waals surface area contributed by atoms with Gasteiger partial charge in [0, 0.05) is 11.6 Å². The van der Waals surface area contributed by atoms with Crippen molar-refractivity contribution in [3.05, 3.63) is 75.7 Å². The summed E-state index contributed by atoms with van der Waals surface area (Å²) in [5.41, 5.74) is 1.55. The SMILES string of the molecule is CN(Cc1ccc(Cl)cc1)Cn1nnn(-c2ccccc2)c1=O. The first kappa shape index (κ1) is 15.5. The number of rotatable bonds is 5. The van der Waals surface area contributed by atoms with Crippen LogP contribution < -0.4 is 5.69 Å². The largest absolute Gasteiger partial charge is 0.369 e. The van der Waals surface area contributed by atoms with Gasteiger partial charge in [0.05, 0.1) is 5.69 Å². The monoisotopic (exact) mass is 329 g/mol. The lowest BCUT2D eigenvalue weighted by Gasteiger charge is -2.15. The maximum absolute atomic E-state index is 12.4. The van der Waals surface area contributed by atoms with Gasteiger partial charge in [0.15, 0.2) is 0 Å². The predicted octanol–water partition coefficient (Wildman–Crippen LogP) is 2.17. The Bertz CT molecular complexity index is 826. The molecule has 1 heterocycles. The molecule has 118 valence electrons. The lowest BCUT2D eigenvalue weighted by molar-refractivity contribution is 0.239. The highest BCUT2D eigenvalue weighted by Crippen LogP contribution is 2.11. The standard InChI is InChI=1S/C16H16ClN5O/c1-20(11-13-7-9-14(17)10-8-13)12-21-16(23)22(19-18-21)15-5-3-2-4-6-15/h2-10H,11-12H2,1H3. The topological polar surface area (TPSA) is 56.0 Å². The van der Waals surface area contributed by atoms with E-state index in [0.717, 1.165) is 5.56 Å². The maximum Gasteiger partial charge on any atom is 0.369 e. The van der Waals surface area contributed by atoms with Gasteiger partial charge < -0.3 is 0 Å². The Hall–Kier alpha value is -2.44. The van der Waals surface area contributed by atoms with E-state index in [1.807, 2.05) is 66.5 Å². The van der Waals surface area contributed by atoms with Crippen molar-refractivity contribution < 1.29 is 0 Å². The zero-order valence-electron chi connectivity index (χ0n) is 12.6. The summed E-state index contributed by atoms with van der Waals surface area (Å²) in [6, 6.07) is 16.9. The van der Waals surface area contributed by atoms with Gasteiger partial charge in [0.25, 0.3) is 0 Å². The van der Waals surface area contributed by atoms with Gasteiger partial charge in [-0.15, -0.1) is 0 Å². The molecule has 0 unspecified atom stereocenters. The summed E-state index contributed by atoms with van der Waals surface area (Å²) in [6.07, 6.45) is 0. The molecule has 7 heteroatoms. The van der Waals surface area contributed by atoms with Crippen molar-refractivity contribution in [2.75, 3.05) is 7.05 Å². The second-order valence-corrected chi connectivity index (χ2v) is 5.73. The van der Waals surface area contributed by atoms with Gasteiger partial charge in [0.2, 0.25) is 0 Å². The summed E-state index contributed by atoms with van der Waals surface area (Å²) in [6.45, 7) is 1.04. The number of para-hydroxylation sites is 1. The first-order valence-corrected chi connectivity index (χ1v) is 7.52. The molecule has 0 saturated heterocycles. The van der Waals surface area contributed by atoms with Crippen LogP contribution in [0, 0.1) is 0 Å². The van der Waals surface area contributed by atoms with Crippen molar-refractivity contribution in [2.24, 2.45) is 0 Å². The molecule has 0 fully saturated rings. The van der Waals surface area contributed by atoms with Gasteiger partial charge in [-0.2, -0.15) is 9.36 Å². The first-order valence-electron chi connectivity index (χ1n) is 7.15. The molecule has 6 nitrogen and oxygen atoms in total. The van der Waals surface area contributed by atoms with Crippen LogP contribution in [-0.4, -0.2) is 31.7 Å². The molecule has 0 spiro atoms. The highest BCUT2D eigenvalue weighted by atomic mass is 35.5. The normalized spacial score (nSPS) is 11.1. The van der Waals surface area contributed by atoms with Crippen LogP contribution in [0.25, 0.3) is 5.69 Å². The molecule has 0 aliphatic rings. The van der Waals surface area contributed by atoms with Crippen molar-refractivity contribution in [3.63, 3.8) is 0 Å². The molecule has 2 aromatic carbocycles. The van der Waals surface area contributed by atoms with Crippen LogP contribution in [0.5, 0.6) is 0 Å². The van der Waals surface area contributed by atoms with E-state index in [4.69, 9.17) is 11.6 Å². The van der Waals surface area contributed by atoms with Crippen LogP contribution in [0.1, 0.15) is 5.56 Å². The van der Waals surface area contributed by atoms with Crippen molar-refractivity contribution in [2.45, 2.75) is 13.2 Å². The Morgan fingerprint density at radius 3 is 2.43 bits per heavy atom. The molecule has 0 aliphatic heterocycles. The molecule has 0 atom stereocenters. The van der Waals surface area contributed by atoms with E-state index in [1.165, 1.54) is 9.36 Å². The average Bonchev–Trinajstić information content (AvgIpc) is 2.91. The molecule has 0 bridgehead atoms. The van der Waals surface area contributed by atoms with Crippen molar-refractivity contribution in [1.82, 2.24) is 24.7 Å². The zero-order valence-corrected chi connectivity index (χ0v) is 13.4. The minimum absolute atomic E-state index is 0.265. The van der Waals surface area contributed by atoms with Crippen LogP contribution in [0.2, 0.25) is 5.02 Å². The third-order valence-electron chi connectivity index (χ3n) is 3.38. The van der Waals surface area contributed by atoms with Gasteiger partial charge in [-0.3, -0.25) is 4.90 Å². The van der Waals surface area contributed by atoms with E-state index in [2.05, 4.69) is 10.4 Å². The van der Waals surface area contributed by atoms with Gasteiger partial charge >= 0.3 is 5.69 Å². The lowest BCUT2D eigenvalue weighted by Crippen LogP contribution is -2.31. The number of benzene rings is 2. The second kappa shape index (κ2) is 6.76. The van der Waals surface area contributed by atoms with Crippen molar-refractivity contribution in [1.29, 1.82) is 0 Å². The summed E-state index contributed by atoms with van der Waals surface area (Å²) in [4.78, 5) is 14.3.